The number of fused-ring (bicyclic) bond motifs is 4. The minimum absolute atomic E-state index is 0.0119. The van der Waals surface area contributed by atoms with Gasteiger partial charge in [0, 0.05) is 24.7 Å². The van der Waals surface area contributed by atoms with Gasteiger partial charge in [-0.3, -0.25) is 14.5 Å². The van der Waals surface area contributed by atoms with Gasteiger partial charge in [-0.25, -0.2) is 4.98 Å². The molecule has 2 unspecified atom stereocenters. The van der Waals surface area contributed by atoms with Crippen molar-refractivity contribution >= 4 is 29.0 Å². The standard InChI is InChI=1S/C22H24N4O2/c1-25-15-8-9-16(25)12-14(11-15)13-20(27)26-19-7-3-2-5-17(19)22(28)24-18-6-4-10-23-21(18)26/h2-7,10,14-16H,8-9,11-13H2,1H3,(H,24,28). The molecule has 1 aromatic heterocycles. The van der Waals surface area contributed by atoms with Crippen LogP contribution in [0, 0.1) is 5.92 Å². The van der Waals surface area contributed by atoms with E-state index >= 15 is 0 Å². The van der Waals surface area contributed by atoms with Gasteiger partial charge in [0.05, 0.1) is 16.9 Å². The molecule has 2 bridgehead atoms. The summed E-state index contributed by atoms with van der Waals surface area (Å²) in [6, 6.07) is 12.0. The van der Waals surface area contributed by atoms with Gasteiger partial charge >= 0.3 is 0 Å². The van der Waals surface area contributed by atoms with Crippen LogP contribution in [0.15, 0.2) is 42.6 Å². The number of para-hydroxylation sites is 1. The normalized spacial score (nSPS) is 26.2. The van der Waals surface area contributed by atoms with Crippen LogP contribution in [0.2, 0.25) is 0 Å². The maximum atomic E-state index is 13.5. The predicted molar refractivity (Wildman–Crippen MR) is 108 cm³/mol. The number of carbonyl (C=O) groups is 2. The van der Waals surface area contributed by atoms with Crippen molar-refractivity contribution in [2.75, 3.05) is 17.3 Å². The van der Waals surface area contributed by atoms with Crippen molar-refractivity contribution in [1.29, 1.82) is 0 Å². The van der Waals surface area contributed by atoms with Gasteiger partial charge in [0.2, 0.25) is 5.91 Å². The van der Waals surface area contributed by atoms with Crippen LogP contribution in [-0.2, 0) is 4.79 Å². The molecule has 144 valence electrons. The van der Waals surface area contributed by atoms with Crippen LogP contribution in [0.4, 0.5) is 17.2 Å². The summed E-state index contributed by atoms with van der Waals surface area (Å²) < 4.78 is 0. The van der Waals surface area contributed by atoms with Gasteiger partial charge in [0.1, 0.15) is 0 Å². The number of aromatic nitrogens is 1. The molecule has 6 heteroatoms. The zero-order valence-electron chi connectivity index (χ0n) is 16.0. The van der Waals surface area contributed by atoms with Crippen LogP contribution in [-0.4, -0.2) is 40.8 Å². The van der Waals surface area contributed by atoms with Gasteiger partial charge in [-0.15, -0.1) is 0 Å². The first-order valence-corrected chi connectivity index (χ1v) is 10.0. The Balaban J connectivity index is 1.49. The van der Waals surface area contributed by atoms with E-state index in [1.165, 1.54) is 12.8 Å². The molecule has 2 aromatic rings. The van der Waals surface area contributed by atoms with E-state index in [1.807, 2.05) is 18.2 Å². The van der Waals surface area contributed by atoms with Crippen LogP contribution >= 0.6 is 0 Å². The van der Waals surface area contributed by atoms with Gasteiger partial charge < -0.3 is 10.2 Å². The van der Waals surface area contributed by atoms with E-state index in [4.69, 9.17) is 0 Å². The molecule has 0 aliphatic carbocycles. The van der Waals surface area contributed by atoms with Crippen LogP contribution in [0.3, 0.4) is 0 Å². The summed E-state index contributed by atoms with van der Waals surface area (Å²) in [7, 11) is 2.21. The number of hydrogen-bond acceptors (Lipinski definition) is 4. The third-order valence-electron chi connectivity index (χ3n) is 6.54. The number of carbonyl (C=O) groups excluding carboxylic acids is 2. The molecule has 0 radical (unpaired) electrons. The lowest BCUT2D eigenvalue weighted by molar-refractivity contribution is -0.119. The lowest BCUT2D eigenvalue weighted by Gasteiger charge is -2.36. The zero-order chi connectivity index (χ0) is 19.3. The highest BCUT2D eigenvalue weighted by Crippen LogP contribution is 2.41. The number of pyridine rings is 1. The number of rotatable bonds is 2. The Morgan fingerprint density at radius 2 is 1.89 bits per heavy atom. The molecule has 28 heavy (non-hydrogen) atoms. The van der Waals surface area contributed by atoms with E-state index in [0.717, 1.165) is 12.8 Å². The first kappa shape index (κ1) is 17.4. The highest BCUT2D eigenvalue weighted by molar-refractivity contribution is 6.17. The minimum atomic E-state index is -0.211. The van der Waals surface area contributed by atoms with Crippen molar-refractivity contribution in [3.8, 4) is 0 Å². The van der Waals surface area contributed by atoms with E-state index in [9.17, 15) is 9.59 Å². The van der Waals surface area contributed by atoms with Crippen LogP contribution in [0.25, 0.3) is 0 Å². The molecule has 2 saturated heterocycles. The Kier molecular flexibility index (Phi) is 4.16. The van der Waals surface area contributed by atoms with Gasteiger partial charge in [0.15, 0.2) is 5.82 Å². The van der Waals surface area contributed by atoms with Crippen molar-refractivity contribution in [1.82, 2.24) is 9.88 Å². The van der Waals surface area contributed by atoms with Crippen LogP contribution in [0.1, 0.15) is 42.5 Å². The number of nitrogens with zero attached hydrogens (tertiary/aromatic N) is 3. The topological polar surface area (TPSA) is 65.5 Å². The molecular weight excluding hydrogens is 352 g/mol. The Morgan fingerprint density at radius 3 is 2.68 bits per heavy atom. The molecule has 4 heterocycles. The Labute approximate surface area is 164 Å². The Bertz CT molecular complexity index is 930. The highest BCUT2D eigenvalue weighted by atomic mass is 16.2. The SMILES string of the molecule is CN1C2CCC1CC(CC(=O)N1c3ccccc3C(=O)Nc3cccnc31)C2. The minimum Gasteiger partial charge on any atom is -0.319 e. The molecule has 3 aliphatic heterocycles. The quantitative estimate of drug-likeness (QED) is 0.870. The van der Waals surface area contributed by atoms with Crippen molar-refractivity contribution in [3.05, 3.63) is 48.2 Å². The molecule has 0 spiro atoms. The molecule has 1 N–H and O–H groups in total. The fraction of sp³-hybridized carbons (Fsp3) is 0.409. The van der Waals surface area contributed by atoms with E-state index in [2.05, 4.69) is 22.2 Å². The molecule has 3 aliphatic rings. The van der Waals surface area contributed by atoms with E-state index in [0.29, 0.717) is 47.2 Å². The fourth-order valence-corrected chi connectivity index (χ4v) is 5.12. The molecule has 1 aromatic carbocycles. The Morgan fingerprint density at radius 1 is 1.14 bits per heavy atom. The third-order valence-corrected chi connectivity index (χ3v) is 6.54. The van der Waals surface area contributed by atoms with E-state index < -0.39 is 0 Å². The maximum absolute atomic E-state index is 13.5. The van der Waals surface area contributed by atoms with Crippen molar-refractivity contribution in [3.63, 3.8) is 0 Å². The first-order chi connectivity index (χ1) is 13.6. The third kappa shape index (κ3) is 2.79. The summed E-state index contributed by atoms with van der Waals surface area (Å²) in [4.78, 5) is 34.7. The lowest BCUT2D eigenvalue weighted by Crippen LogP contribution is -2.41. The van der Waals surface area contributed by atoms with Gasteiger partial charge in [-0.2, -0.15) is 0 Å². The van der Waals surface area contributed by atoms with Crippen molar-refractivity contribution < 1.29 is 9.59 Å². The summed E-state index contributed by atoms with van der Waals surface area (Å²) in [6.45, 7) is 0. The summed E-state index contributed by atoms with van der Waals surface area (Å²) >= 11 is 0. The summed E-state index contributed by atoms with van der Waals surface area (Å²) in [5.74, 6) is 0.685. The molecule has 2 atom stereocenters. The number of hydrogen-bond donors (Lipinski definition) is 1. The van der Waals surface area contributed by atoms with Gasteiger partial charge in [-0.1, -0.05) is 12.1 Å². The number of benzene rings is 1. The van der Waals surface area contributed by atoms with Crippen LogP contribution < -0.4 is 10.2 Å². The monoisotopic (exact) mass is 376 g/mol. The van der Waals surface area contributed by atoms with Crippen LogP contribution in [0.5, 0.6) is 0 Å². The predicted octanol–water partition coefficient (Wildman–Crippen LogP) is 3.57. The molecule has 2 amide bonds. The second-order valence-corrected chi connectivity index (χ2v) is 8.17. The number of piperidine rings is 1. The van der Waals surface area contributed by atoms with Gasteiger partial charge in [-0.05, 0) is 62.9 Å². The zero-order valence-corrected chi connectivity index (χ0v) is 16.0. The number of nitrogens with one attached hydrogen (secondary N) is 1. The van der Waals surface area contributed by atoms with Crippen molar-refractivity contribution in [2.24, 2.45) is 5.92 Å². The lowest BCUT2D eigenvalue weighted by atomic mass is 9.88. The number of anilines is 3. The average molecular weight is 376 g/mol. The second-order valence-electron chi connectivity index (χ2n) is 8.17. The van der Waals surface area contributed by atoms with E-state index in [1.54, 1.807) is 29.3 Å². The fourth-order valence-electron chi connectivity index (χ4n) is 5.12. The smallest absolute Gasteiger partial charge is 0.257 e. The molecule has 5 rings (SSSR count). The molecule has 6 nitrogen and oxygen atoms in total. The largest absolute Gasteiger partial charge is 0.319 e. The first-order valence-electron chi connectivity index (χ1n) is 10.0. The molecule has 0 saturated carbocycles. The summed E-state index contributed by atoms with van der Waals surface area (Å²) in [5, 5.41) is 2.89. The van der Waals surface area contributed by atoms with Crippen molar-refractivity contribution in [2.45, 2.75) is 44.2 Å². The summed E-state index contributed by atoms with van der Waals surface area (Å²) in [6.07, 6.45) is 6.76. The maximum Gasteiger partial charge on any atom is 0.257 e. The van der Waals surface area contributed by atoms with Gasteiger partial charge in [0.25, 0.3) is 5.91 Å². The van der Waals surface area contributed by atoms with E-state index in [-0.39, 0.29) is 11.8 Å². The average Bonchev–Trinajstić information content (AvgIpc) is 2.86. The number of amides is 2. The summed E-state index contributed by atoms with van der Waals surface area (Å²) in [5.41, 5.74) is 1.68. The Hall–Kier alpha value is -2.73. The highest BCUT2D eigenvalue weighted by Gasteiger charge is 2.40. The second kappa shape index (κ2) is 6.71. The molecular formula is C22H24N4O2. The molecule has 2 fully saturated rings.